The zero-order chi connectivity index (χ0) is 13.7. The van der Waals surface area contributed by atoms with E-state index in [1.165, 1.54) is 15.3 Å². The number of carbonyl (C=O) groups is 1. The molecule has 1 aromatic rings. The predicted molar refractivity (Wildman–Crippen MR) is 78.1 cm³/mol. The molecule has 0 aliphatic rings. The number of hydrogen-bond acceptors (Lipinski definition) is 3. The summed E-state index contributed by atoms with van der Waals surface area (Å²) in [5, 5.41) is 6.26. The number of aryl methyl sites for hydroxylation is 2. The van der Waals surface area contributed by atoms with E-state index < -0.39 is 0 Å². The van der Waals surface area contributed by atoms with E-state index in [4.69, 9.17) is 0 Å². The lowest BCUT2D eigenvalue weighted by Crippen LogP contribution is -2.43. The van der Waals surface area contributed by atoms with Crippen molar-refractivity contribution in [1.82, 2.24) is 10.6 Å². The Hall–Kier alpha value is -0.870. The van der Waals surface area contributed by atoms with Crippen molar-refractivity contribution in [1.29, 1.82) is 0 Å². The SMILES string of the molecule is CCCNC(=O)C(C)NC(C)c1cc(C)sc1C. The Kier molecular flexibility index (Phi) is 5.82. The van der Waals surface area contributed by atoms with Crippen LogP contribution in [0, 0.1) is 13.8 Å². The quantitative estimate of drug-likeness (QED) is 0.833. The molecule has 0 saturated heterocycles. The van der Waals surface area contributed by atoms with Crippen LogP contribution in [0.25, 0.3) is 0 Å². The van der Waals surface area contributed by atoms with Crippen LogP contribution in [0.1, 0.15) is 48.6 Å². The molecular weight excluding hydrogens is 244 g/mol. The molecule has 102 valence electrons. The first-order valence-electron chi connectivity index (χ1n) is 6.56. The average molecular weight is 268 g/mol. The molecule has 0 radical (unpaired) electrons. The third kappa shape index (κ3) is 4.10. The second-order valence-corrected chi connectivity index (χ2v) is 6.23. The maximum atomic E-state index is 11.8. The molecule has 2 atom stereocenters. The number of hydrogen-bond donors (Lipinski definition) is 2. The molecule has 1 aromatic heterocycles. The van der Waals surface area contributed by atoms with Crippen LogP contribution in [-0.4, -0.2) is 18.5 Å². The van der Waals surface area contributed by atoms with Gasteiger partial charge in [-0.2, -0.15) is 0 Å². The summed E-state index contributed by atoms with van der Waals surface area (Å²) in [7, 11) is 0. The Morgan fingerprint density at radius 2 is 2.06 bits per heavy atom. The summed E-state index contributed by atoms with van der Waals surface area (Å²) in [4.78, 5) is 14.4. The van der Waals surface area contributed by atoms with Crippen LogP contribution in [0.2, 0.25) is 0 Å². The summed E-state index contributed by atoms with van der Waals surface area (Å²) < 4.78 is 0. The summed E-state index contributed by atoms with van der Waals surface area (Å²) in [6.45, 7) is 11.1. The first-order valence-corrected chi connectivity index (χ1v) is 7.38. The van der Waals surface area contributed by atoms with Crippen LogP contribution < -0.4 is 10.6 Å². The van der Waals surface area contributed by atoms with Gasteiger partial charge in [0.05, 0.1) is 6.04 Å². The fourth-order valence-corrected chi connectivity index (χ4v) is 3.04. The maximum Gasteiger partial charge on any atom is 0.236 e. The minimum Gasteiger partial charge on any atom is -0.355 e. The number of amides is 1. The van der Waals surface area contributed by atoms with E-state index in [1.54, 1.807) is 11.3 Å². The highest BCUT2D eigenvalue weighted by Gasteiger charge is 2.17. The molecule has 2 unspecified atom stereocenters. The van der Waals surface area contributed by atoms with Crippen molar-refractivity contribution in [2.45, 2.75) is 53.1 Å². The van der Waals surface area contributed by atoms with Crippen LogP contribution in [0.3, 0.4) is 0 Å². The average Bonchev–Trinajstić information content (AvgIpc) is 2.65. The third-order valence-electron chi connectivity index (χ3n) is 2.99. The van der Waals surface area contributed by atoms with E-state index in [2.05, 4.69) is 44.4 Å². The van der Waals surface area contributed by atoms with Crippen LogP contribution >= 0.6 is 11.3 Å². The van der Waals surface area contributed by atoms with E-state index in [0.29, 0.717) is 0 Å². The van der Waals surface area contributed by atoms with Crippen molar-refractivity contribution in [3.05, 3.63) is 21.4 Å². The second-order valence-electron chi connectivity index (χ2n) is 4.77. The maximum absolute atomic E-state index is 11.8. The lowest BCUT2D eigenvalue weighted by Gasteiger charge is -2.19. The molecule has 1 rings (SSSR count). The second kappa shape index (κ2) is 6.90. The first-order chi connectivity index (χ1) is 8.45. The summed E-state index contributed by atoms with van der Waals surface area (Å²) in [6, 6.07) is 2.25. The molecule has 3 nitrogen and oxygen atoms in total. The van der Waals surface area contributed by atoms with E-state index >= 15 is 0 Å². The Labute approximate surface area is 114 Å². The Morgan fingerprint density at radius 3 is 2.56 bits per heavy atom. The summed E-state index contributed by atoms with van der Waals surface area (Å²) in [5.41, 5.74) is 1.30. The van der Waals surface area contributed by atoms with Gasteiger partial charge in [0.1, 0.15) is 0 Å². The van der Waals surface area contributed by atoms with Gasteiger partial charge < -0.3 is 5.32 Å². The fraction of sp³-hybridized carbons (Fsp3) is 0.643. The van der Waals surface area contributed by atoms with Crippen LogP contribution in [0.15, 0.2) is 6.07 Å². The number of carbonyl (C=O) groups excluding carboxylic acids is 1. The van der Waals surface area contributed by atoms with Gasteiger partial charge in [-0.15, -0.1) is 11.3 Å². The molecular formula is C14H24N2OS. The highest BCUT2D eigenvalue weighted by molar-refractivity contribution is 7.12. The molecule has 0 saturated carbocycles. The third-order valence-corrected chi connectivity index (χ3v) is 3.97. The van der Waals surface area contributed by atoms with Gasteiger partial charge in [0.2, 0.25) is 5.91 Å². The van der Waals surface area contributed by atoms with E-state index in [0.717, 1.165) is 13.0 Å². The smallest absolute Gasteiger partial charge is 0.236 e. The Morgan fingerprint density at radius 1 is 1.39 bits per heavy atom. The summed E-state index contributed by atoms with van der Waals surface area (Å²) >= 11 is 1.81. The largest absolute Gasteiger partial charge is 0.355 e. The summed E-state index contributed by atoms with van der Waals surface area (Å²) in [5.74, 6) is 0.0771. The van der Waals surface area contributed by atoms with Gasteiger partial charge in [-0.05, 0) is 45.7 Å². The van der Waals surface area contributed by atoms with E-state index in [-0.39, 0.29) is 18.0 Å². The van der Waals surface area contributed by atoms with Crippen molar-refractivity contribution >= 4 is 17.2 Å². The van der Waals surface area contributed by atoms with Crippen molar-refractivity contribution < 1.29 is 4.79 Å². The van der Waals surface area contributed by atoms with Crippen molar-refractivity contribution in [2.75, 3.05) is 6.54 Å². The van der Waals surface area contributed by atoms with Crippen molar-refractivity contribution in [2.24, 2.45) is 0 Å². The van der Waals surface area contributed by atoms with Gasteiger partial charge >= 0.3 is 0 Å². The van der Waals surface area contributed by atoms with Crippen molar-refractivity contribution in [3.63, 3.8) is 0 Å². The monoisotopic (exact) mass is 268 g/mol. The highest BCUT2D eigenvalue weighted by atomic mass is 32.1. The summed E-state index contributed by atoms with van der Waals surface area (Å²) in [6.07, 6.45) is 0.969. The molecule has 2 N–H and O–H groups in total. The van der Waals surface area contributed by atoms with Gasteiger partial charge in [0.15, 0.2) is 0 Å². The van der Waals surface area contributed by atoms with Gasteiger partial charge in [-0.3, -0.25) is 10.1 Å². The number of nitrogens with one attached hydrogen (secondary N) is 2. The molecule has 0 spiro atoms. The molecule has 0 bridgehead atoms. The highest BCUT2D eigenvalue weighted by Crippen LogP contribution is 2.26. The predicted octanol–water partition coefficient (Wildman–Crippen LogP) is 2.93. The lowest BCUT2D eigenvalue weighted by molar-refractivity contribution is -0.122. The standard InChI is InChI=1S/C14H24N2OS/c1-6-7-15-14(17)11(4)16-10(3)13-8-9(2)18-12(13)5/h8,10-11,16H,6-7H2,1-5H3,(H,15,17). The van der Waals surface area contributed by atoms with Gasteiger partial charge in [-0.1, -0.05) is 6.92 Å². The van der Waals surface area contributed by atoms with Gasteiger partial charge in [0, 0.05) is 22.3 Å². The molecule has 0 aliphatic heterocycles. The minimum atomic E-state index is -0.161. The molecule has 4 heteroatoms. The zero-order valence-electron chi connectivity index (χ0n) is 12.0. The molecule has 0 aliphatic carbocycles. The van der Waals surface area contributed by atoms with Gasteiger partial charge in [0.25, 0.3) is 0 Å². The fourth-order valence-electron chi connectivity index (χ4n) is 2.02. The number of thiophene rings is 1. The molecule has 1 amide bonds. The first kappa shape index (κ1) is 15.2. The molecule has 1 heterocycles. The van der Waals surface area contributed by atoms with E-state index in [9.17, 15) is 4.79 Å². The van der Waals surface area contributed by atoms with Crippen LogP contribution in [0.4, 0.5) is 0 Å². The Bertz CT molecular complexity index is 400. The van der Waals surface area contributed by atoms with E-state index in [1.807, 2.05) is 6.92 Å². The number of rotatable bonds is 6. The van der Waals surface area contributed by atoms with Gasteiger partial charge in [-0.25, -0.2) is 0 Å². The minimum absolute atomic E-state index is 0.0771. The topological polar surface area (TPSA) is 41.1 Å². The lowest BCUT2D eigenvalue weighted by atomic mass is 10.1. The Balaban J connectivity index is 2.56. The van der Waals surface area contributed by atoms with Crippen LogP contribution in [0.5, 0.6) is 0 Å². The zero-order valence-corrected chi connectivity index (χ0v) is 12.8. The normalized spacial score (nSPS) is 14.3. The van der Waals surface area contributed by atoms with Crippen molar-refractivity contribution in [3.8, 4) is 0 Å². The molecule has 0 aromatic carbocycles. The molecule has 18 heavy (non-hydrogen) atoms. The molecule has 0 fully saturated rings. The van der Waals surface area contributed by atoms with Crippen LogP contribution in [-0.2, 0) is 4.79 Å².